The van der Waals surface area contributed by atoms with E-state index < -0.39 is 0 Å². The van der Waals surface area contributed by atoms with E-state index in [4.69, 9.17) is 13.9 Å². The van der Waals surface area contributed by atoms with Crippen LogP contribution in [0.15, 0.2) is 0 Å². The van der Waals surface area contributed by atoms with E-state index in [9.17, 15) is 0 Å². The predicted octanol–water partition coefficient (Wildman–Crippen LogP) is 1.06. The number of rotatable bonds is 8. The summed E-state index contributed by atoms with van der Waals surface area (Å²) in [4.78, 5) is 0. The van der Waals surface area contributed by atoms with Crippen LogP contribution in [0, 0.1) is 0 Å². The van der Waals surface area contributed by atoms with E-state index in [1.165, 1.54) is 0 Å². The molecule has 1 rings (SSSR count). The first-order valence-electron chi connectivity index (χ1n) is 4.84. The Kier molecular flexibility index (Phi) is 5.62. The normalized spacial score (nSPS) is 23.1. The molecule has 0 aromatic rings. The minimum Gasteiger partial charge on any atom is -0.416 e. The van der Waals surface area contributed by atoms with Crippen LogP contribution in [-0.4, -0.2) is 42.5 Å². The zero-order valence-corrected chi connectivity index (χ0v) is 9.12. The first kappa shape index (κ1) is 11.2. The summed E-state index contributed by atoms with van der Waals surface area (Å²) >= 11 is 0. The van der Waals surface area contributed by atoms with Crippen molar-refractivity contribution in [3.8, 4) is 0 Å². The molecule has 0 bridgehead atoms. The van der Waals surface area contributed by atoms with Gasteiger partial charge in [-0.2, -0.15) is 0 Å². The molecule has 0 aromatic heterocycles. The van der Waals surface area contributed by atoms with Gasteiger partial charge in [0.15, 0.2) is 0 Å². The second-order valence-electron chi connectivity index (χ2n) is 3.45. The average molecular weight is 201 g/mol. The molecule has 13 heavy (non-hydrogen) atoms. The van der Waals surface area contributed by atoms with Crippen molar-refractivity contribution in [2.75, 3.05) is 19.8 Å². The van der Waals surface area contributed by atoms with Gasteiger partial charge in [-0.3, -0.25) is 0 Å². The van der Waals surface area contributed by atoms with Crippen molar-refractivity contribution in [2.45, 2.75) is 38.4 Å². The van der Waals surface area contributed by atoms with Crippen LogP contribution in [0.1, 0.15) is 26.2 Å². The topological polar surface area (TPSA) is 31.0 Å². The van der Waals surface area contributed by atoms with Crippen LogP contribution in [-0.2, 0) is 13.9 Å². The Balaban J connectivity index is 1.72. The van der Waals surface area contributed by atoms with Gasteiger partial charge < -0.3 is 13.9 Å². The van der Waals surface area contributed by atoms with Crippen molar-refractivity contribution in [1.29, 1.82) is 0 Å². The largest absolute Gasteiger partial charge is 0.416 e. The molecule has 1 aliphatic rings. The lowest BCUT2D eigenvalue weighted by atomic mass is 10.2. The zero-order valence-electron chi connectivity index (χ0n) is 8.12. The quantitative estimate of drug-likeness (QED) is 0.334. The lowest BCUT2D eigenvalue weighted by Gasteiger charge is -2.08. The summed E-state index contributed by atoms with van der Waals surface area (Å²) in [6, 6.07) is 0. The highest BCUT2D eigenvalue weighted by Gasteiger charge is 2.21. The first-order valence-corrected chi connectivity index (χ1v) is 5.25. The molecule has 0 amide bonds. The lowest BCUT2D eigenvalue weighted by molar-refractivity contribution is 0.110. The number of hydrogen-bond acceptors (Lipinski definition) is 3. The third-order valence-corrected chi connectivity index (χ3v) is 2.46. The van der Waals surface area contributed by atoms with Crippen LogP contribution in [0.5, 0.6) is 0 Å². The molecule has 0 saturated carbocycles. The molecule has 2 unspecified atom stereocenters. The minimum atomic E-state index is 0.295. The standard InChI is InChI=1S/C9H17O3Si/c1-8(12-13)4-2-3-5-10-6-9-7-11-9/h8-9H,2-7H2,1H3. The maximum Gasteiger partial charge on any atom is 0.246 e. The Morgan fingerprint density at radius 3 is 2.92 bits per heavy atom. The molecule has 0 aliphatic carbocycles. The van der Waals surface area contributed by atoms with Gasteiger partial charge in [-0.15, -0.1) is 0 Å². The van der Waals surface area contributed by atoms with Crippen molar-refractivity contribution in [3.05, 3.63) is 0 Å². The predicted molar refractivity (Wildman–Crippen MR) is 50.7 cm³/mol. The molecular weight excluding hydrogens is 184 g/mol. The molecule has 1 saturated heterocycles. The van der Waals surface area contributed by atoms with Crippen molar-refractivity contribution in [1.82, 2.24) is 0 Å². The SMILES string of the molecule is CC(CCCCOCC1CO1)O[Si]. The molecule has 0 spiro atoms. The van der Waals surface area contributed by atoms with E-state index in [0.29, 0.717) is 12.2 Å². The highest BCUT2D eigenvalue weighted by atomic mass is 28.2. The third kappa shape index (κ3) is 6.21. The van der Waals surface area contributed by atoms with Crippen LogP contribution < -0.4 is 0 Å². The monoisotopic (exact) mass is 201 g/mol. The molecule has 1 heterocycles. The molecule has 0 N–H and O–H groups in total. The Bertz CT molecular complexity index is 128. The molecule has 75 valence electrons. The van der Waals surface area contributed by atoms with E-state index in [-0.39, 0.29) is 0 Å². The summed E-state index contributed by atoms with van der Waals surface area (Å²) in [7, 11) is 3.02. The fraction of sp³-hybridized carbons (Fsp3) is 1.00. The Morgan fingerprint density at radius 1 is 1.54 bits per heavy atom. The van der Waals surface area contributed by atoms with E-state index in [2.05, 4.69) is 10.5 Å². The molecule has 1 fully saturated rings. The fourth-order valence-electron chi connectivity index (χ4n) is 1.07. The van der Waals surface area contributed by atoms with E-state index in [1.54, 1.807) is 0 Å². The van der Waals surface area contributed by atoms with Crippen LogP contribution in [0.3, 0.4) is 0 Å². The van der Waals surface area contributed by atoms with Crippen molar-refractivity contribution in [2.24, 2.45) is 0 Å². The van der Waals surface area contributed by atoms with Crippen LogP contribution >= 0.6 is 0 Å². The van der Waals surface area contributed by atoms with E-state index in [1.807, 2.05) is 6.92 Å². The molecule has 0 aromatic carbocycles. The smallest absolute Gasteiger partial charge is 0.246 e. The van der Waals surface area contributed by atoms with Gasteiger partial charge in [0.1, 0.15) is 6.10 Å². The number of epoxide rings is 1. The minimum absolute atomic E-state index is 0.295. The van der Waals surface area contributed by atoms with Gasteiger partial charge in [0, 0.05) is 12.7 Å². The second-order valence-corrected chi connectivity index (χ2v) is 3.69. The summed E-state index contributed by atoms with van der Waals surface area (Å²) in [5, 5.41) is 0. The fourth-order valence-corrected chi connectivity index (χ4v) is 1.19. The summed E-state index contributed by atoms with van der Waals surface area (Å²) < 4.78 is 15.4. The summed E-state index contributed by atoms with van der Waals surface area (Å²) in [5.41, 5.74) is 0. The first-order chi connectivity index (χ1) is 6.33. The zero-order chi connectivity index (χ0) is 9.52. The van der Waals surface area contributed by atoms with Gasteiger partial charge in [-0.1, -0.05) is 0 Å². The highest BCUT2D eigenvalue weighted by Crippen LogP contribution is 2.09. The summed E-state index contributed by atoms with van der Waals surface area (Å²) in [6.45, 7) is 4.54. The number of unbranched alkanes of at least 4 members (excludes halogenated alkanes) is 1. The lowest BCUT2D eigenvalue weighted by Crippen LogP contribution is -2.07. The number of hydrogen-bond donors (Lipinski definition) is 0. The van der Waals surface area contributed by atoms with Gasteiger partial charge in [-0.05, 0) is 26.2 Å². The van der Waals surface area contributed by atoms with E-state index >= 15 is 0 Å². The van der Waals surface area contributed by atoms with E-state index in [0.717, 1.165) is 39.1 Å². The Hall–Kier alpha value is 0.0969. The van der Waals surface area contributed by atoms with Crippen molar-refractivity contribution >= 4 is 10.5 Å². The van der Waals surface area contributed by atoms with Crippen molar-refractivity contribution in [3.63, 3.8) is 0 Å². The number of ether oxygens (including phenoxy) is 2. The van der Waals surface area contributed by atoms with Crippen molar-refractivity contribution < 1.29 is 13.9 Å². The highest BCUT2D eigenvalue weighted by molar-refractivity contribution is 5.98. The molecule has 4 heteroatoms. The third-order valence-electron chi connectivity index (χ3n) is 2.06. The Morgan fingerprint density at radius 2 is 2.31 bits per heavy atom. The van der Waals surface area contributed by atoms with Gasteiger partial charge in [-0.25, -0.2) is 0 Å². The van der Waals surface area contributed by atoms with Gasteiger partial charge in [0.2, 0.25) is 10.5 Å². The van der Waals surface area contributed by atoms with Crippen LogP contribution in [0.2, 0.25) is 0 Å². The maximum atomic E-state index is 5.40. The maximum absolute atomic E-state index is 5.40. The van der Waals surface area contributed by atoms with Gasteiger partial charge in [0.05, 0.1) is 13.2 Å². The average Bonchev–Trinajstić information content (AvgIpc) is 2.94. The summed E-state index contributed by atoms with van der Waals surface area (Å²) in [6.07, 6.45) is 4.02. The molecule has 3 radical (unpaired) electrons. The Labute approximate surface area is 83.3 Å². The summed E-state index contributed by atoms with van der Waals surface area (Å²) in [5.74, 6) is 0. The molecule has 3 nitrogen and oxygen atoms in total. The second kappa shape index (κ2) is 6.54. The van der Waals surface area contributed by atoms with Gasteiger partial charge >= 0.3 is 0 Å². The molecule has 1 aliphatic heterocycles. The molecule has 2 atom stereocenters. The van der Waals surface area contributed by atoms with Crippen LogP contribution in [0.25, 0.3) is 0 Å². The van der Waals surface area contributed by atoms with Gasteiger partial charge in [0.25, 0.3) is 0 Å². The van der Waals surface area contributed by atoms with Crippen LogP contribution in [0.4, 0.5) is 0 Å². The molecular formula is C9H17O3Si.